The van der Waals surface area contributed by atoms with E-state index in [0.717, 1.165) is 62.0 Å². The van der Waals surface area contributed by atoms with Crippen LogP contribution in [0, 0.1) is 6.92 Å². The molecule has 0 amide bonds. The molecule has 2 N–H and O–H groups in total. The molecule has 0 bridgehead atoms. The van der Waals surface area contributed by atoms with Crippen LogP contribution in [0.3, 0.4) is 0 Å². The van der Waals surface area contributed by atoms with Crippen LogP contribution < -0.4 is 25.7 Å². The van der Waals surface area contributed by atoms with Gasteiger partial charge in [-0.05, 0) is 56.9 Å². The number of hydrogen-bond donors (Lipinski definition) is 2. The Morgan fingerprint density at radius 2 is 1.87 bits per heavy atom. The molecule has 0 unspecified atom stereocenters. The van der Waals surface area contributed by atoms with E-state index in [4.69, 9.17) is 9.47 Å². The van der Waals surface area contributed by atoms with Gasteiger partial charge in [0.15, 0.2) is 17.5 Å². The summed E-state index contributed by atoms with van der Waals surface area (Å²) in [5.74, 6) is 2.28. The first-order valence-corrected chi connectivity index (χ1v) is 10.5. The molecular formula is C23H34N4O3. The van der Waals surface area contributed by atoms with Gasteiger partial charge >= 0.3 is 0 Å². The zero-order valence-electron chi connectivity index (χ0n) is 18.5. The third-order valence-corrected chi connectivity index (χ3v) is 4.83. The van der Waals surface area contributed by atoms with Crippen molar-refractivity contribution in [3.63, 3.8) is 0 Å². The molecule has 7 heteroatoms. The molecule has 0 aliphatic carbocycles. The number of guanidine groups is 1. The van der Waals surface area contributed by atoms with Crippen LogP contribution in [0.2, 0.25) is 0 Å². The summed E-state index contributed by atoms with van der Waals surface area (Å²) in [5, 5.41) is 6.65. The SMILES string of the molecule is CCNC(=NCCCCn1c(C)cccc1=O)NCCc1ccc(OC)c(OC)c1. The van der Waals surface area contributed by atoms with E-state index < -0.39 is 0 Å². The predicted octanol–water partition coefficient (Wildman–Crippen LogP) is 2.75. The van der Waals surface area contributed by atoms with E-state index in [1.54, 1.807) is 26.4 Å². The molecule has 2 aromatic rings. The molecule has 164 valence electrons. The first-order chi connectivity index (χ1) is 14.6. The molecular weight excluding hydrogens is 380 g/mol. The number of aromatic nitrogens is 1. The van der Waals surface area contributed by atoms with Crippen molar-refractivity contribution in [1.82, 2.24) is 15.2 Å². The van der Waals surface area contributed by atoms with Gasteiger partial charge in [-0.1, -0.05) is 12.1 Å². The Bertz CT molecular complexity index is 877. The van der Waals surface area contributed by atoms with Gasteiger partial charge in [-0.2, -0.15) is 0 Å². The van der Waals surface area contributed by atoms with Crippen molar-refractivity contribution in [1.29, 1.82) is 0 Å². The maximum Gasteiger partial charge on any atom is 0.250 e. The van der Waals surface area contributed by atoms with Gasteiger partial charge in [-0.15, -0.1) is 0 Å². The van der Waals surface area contributed by atoms with Gasteiger partial charge in [0.1, 0.15) is 0 Å². The number of nitrogens with one attached hydrogen (secondary N) is 2. The molecule has 0 saturated carbocycles. The minimum absolute atomic E-state index is 0.0590. The Morgan fingerprint density at radius 1 is 1.07 bits per heavy atom. The maximum atomic E-state index is 11.9. The fraction of sp³-hybridized carbons (Fsp3) is 0.478. The molecule has 0 saturated heterocycles. The van der Waals surface area contributed by atoms with Gasteiger partial charge in [0.05, 0.1) is 14.2 Å². The minimum Gasteiger partial charge on any atom is -0.493 e. The zero-order valence-corrected chi connectivity index (χ0v) is 18.5. The van der Waals surface area contributed by atoms with E-state index in [2.05, 4.69) is 22.5 Å². The van der Waals surface area contributed by atoms with Crippen molar-refractivity contribution >= 4 is 5.96 Å². The van der Waals surface area contributed by atoms with E-state index in [9.17, 15) is 4.79 Å². The van der Waals surface area contributed by atoms with Gasteiger partial charge < -0.3 is 24.7 Å². The highest BCUT2D eigenvalue weighted by Gasteiger charge is 2.05. The highest BCUT2D eigenvalue weighted by molar-refractivity contribution is 5.79. The normalized spacial score (nSPS) is 11.3. The monoisotopic (exact) mass is 414 g/mol. The molecule has 2 rings (SSSR count). The van der Waals surface area contributed by atoms with Crippen molar-refractivity contribution < 1.29 is 9.47 Å². The van der Waals surface area contributed by atoms with Crippen LogP contribution in [-0.2, 0) is 13.0 Å². The molecule has 0 aliphatic heterocycles. The van der Waals surface area contributed by atoms with Crippen LogP contribution in [0.1, 0.15) is 31.0 Å². The smallest absolute Gasteiger partial charge is 0.250 e. The van der Waals surface area contributed by atoms with Crippen molar-refractivity contribution in [3.05, 3.63) is 58.0 Å². The van der Waals surface area contributed by atoms with Crippen molar-refractivity contribution in [2.45, 2.75) is 39.7 Å². The van der Waals surface area contributed by atoms with Crippen LogP contribution in [0.15, 0.2) is 46.2 Å². The maximum absolute atomic E-state index is 11.9. The number of unbranched alkanes of at least 4 members (excludes halogenated alkanes) is 1. The van der Waals surface area contributed by atoms with E-state index >= 15 is 0 Å². The highest BCUT2D eigenvalue weighted by Crippen LogP contribution is 2.27. The summed E-state index contributed by atoms with van der Waals surface area (Å²) in [7, 11) is 3.28. The first-order valence-electron chi connectivity index (χ1n) is 10.5. The molecule has 0 spiro atoms. The van der Waals surface area contributed by atoms with Crippen molar-refractivity contribution in [2.24, 2.45) is 4.99 Å². The third-order valence-electron chi connectivity index (χ3n) is 4.83. The van der Waals surface area contributed by atoms with Crippen LogP contribution in [0.25, 0.3) is 0 Å². The summed E-state index contributed by atoms with van der Waals surface area (Å²) in [5.41, 5.74) is 2.22. The number of ether oxygens (including phenoxy) is 2. The van der Waals surface area contributed by atoms with Gasteiger partial charge in [0, 0.05) is 37.9 Å². The van der Waals surface area contributed by atoms with E-state index in [0.29, 0.717) is 6.54 Å². The second kappa shape index (κ2) is 12.6. The fourth-order valence-electron chi connectivity index (χ4n) is 3.19. The Hall–Kier alpha value is -2.96. The lowest BCUT2D eigenvalue weighted by molar-refractivity contribution is 0.354. The topological polar surface area (TPSA) is 76.9 Å². The van der Waals surface area contributed by atoms with Crippen LogP contribution in [0.4, 0.5) is 0 Å². The average molecular weight is 415 g/mol. The lowest BCUT2D eigenvalue weighted by Gasteiger charge is -2.13. The quantitative estimate of drug-likeness (QED) is 0.336. The van der Waals surface area contributed by atoms with Crippen LogP contribution >= 0.6 is 0 Å². The largest absolute Gasteiger partial charge is 0.493 e. The van der Waals surface area contributed by atoms with Crippen molar-refractivity contribution in [2.75, 3.05) is 33.9 Å². The first kappa shape index (κ1) is 23.3. The van der Waals surface area contributed by atoms with E-state index in [1.165, 1.54) is 5.56 Å². The van der Waals surface area contributed by atoms with Crippen LogP contribution in [-0.4, -0.2) is 44.4 Å². The lowest BCUT2D eigenvalue weighted by Crippen LogP contribution is -2.38. The van der Waals surface area contributed by atoms with Gasteiger partial charge in [0.25, 0.3) is 5.56 Å². The Balaban J connectivity index is 1.79. The van der Waals surface area contributed by atoms with E-state index in [-0.39, 0.29) is 5.56 Å². The summed E-state index contributed by atoms with van der Waals surface area (Å²) >= 11 is 0. The molecule has 1 heterocycles. The Morgan fingerprint density at radius 3 is 2.57 bits per heavy atom. The summed E-state index contributed by atoms with van der Waals surface area (Å²) in [6.07, 6.45) is 2.69. The third kappa shape index (κ3) is 7.13. The number of pyridine rings is 1. The Kier molecular flexibility index (Phi) is 9.77. The van der Waals surface area contributed by atoms with Gasteiger partial charge in [-0.25, -0.2) is 0 Å². The number of methoxy groups -OCH3 is 2. The molecule has 0 atom stereocenters. The molecule has 1 aromatic carbocycles. The van der Waals surface area contributed by atoms with Gasteiger partial charge in [0.2, 0.25) is 0 Å². The number of nitrogens with zero attached hydrogens (tertiary/aromatic N) is 2. The zero-order chi connectivity index (χ0) is 21.8. The molecule has 7 nitrogen and oxygen atoms in total. The standard InChI is InChI=1S/C23H34N4O3/c1-5-24-23(25-14-6-7-16-27-18(2)9-8-10-22(27)28)26-15-13-19-11-12-20(29-3)21(17-19)30-4/h8-12,17H,5-7,13-16H2,1-4H3,(H2,24,25,26). The van der Waals surface area contributed by atoms with Crippen LogP contribution in [0.5, 0.6) is 11.5 Å². The predicted molar refractivity (Wildman–Crippen MR) is 122 cm³/mol. The fourth-order valence-corrected chi connectivity index (χ4v) is 3.19. The molecule has 1 aromatic heterocycles. The van der Waals surface area contributed by atoms with E-state index in [1.807, 2.05) is 35.8 Å². The molecule has 0 aliphatic rings. The molecule has 0 fully saturated rings. The lowest BCUT2D eigenvalue weighted by atomic mass is 10.1. The summed E-state index contributed by atoms with van der Waals surface area (Å²) in [6, 6.07) is 11.3. The minimum atomic E-state index is 0.0590. The average Bonchev–Trinajstić information content (AvgIpc) is 2.75. The van der Waals surface area contributed by atoms with Crippen molar-refractivity contribution in [3.8, 4) is 11.5 Å². The number of benzene rings is 1. The Labute approximate surface area is 179 Å². The number of hydrogen-bond acceptors (Lipinski definition) is 4. The summed E-state index contributed by atoms with van der Waals surface area (Å²) in [6.45, 7) is 7.03. The second-order valence-corrected chi connectivity index (χ2v) is 6.99. The number of aryl methyl sites for hydroxylation is 1. The molecule has 0 radical (unpaired) electrons. The summed E-state index contributed by atoms with van der Waals surface area (Å²) < 4.78 is 12.5. The van der Waals surface area contributed by atoms with Gasteiger partial charge in [-0.3, -0.25) is 9.79 Å². The number of aliphatic imine (C=N–C) groups is 1. The highest BCUT2D eigenvalue weighted by atomic mass is 16.5. The summed E-state index contributed by atoms with van der Waals surface area (Å²) in [4.78, 5) is 16.6. The second-order valence-electron chi connectivity index (χ2n) is 6.99. The number of rotatable bonds is 11. The molecule has 30 heavy (non-hydrogen) atoms.